The molecule has 1 aromatic carbocycles. The first-order valence-corrected chi connectivity index (χ1v) is 7.87. The molecule has 1 amide bonds. The fourth-order valence-electron chi connectivity index (χ4n) is 1.60. The number of carbonyl (C=O) groups is 2. The molecule has 0 aliphatic carbocycles. The van der Waals surface area contributed by atoms with E-state index in [0.717, 1.165) is 6.42 Å². The minimum Gasteiger partial charge on any atom is -0.478 e. The average Bonchev–Trinajstić information content (AvgIpc) is 2.38. The highest BCUT2D eigenvalue weighted by Crippen LogP contribution is 2.08. The molecule has 6 heteroatoms. The van der Waals surface area contributed by atoms with Gasteiger partial charge < -0.3 is 10.4 Å². The lowest BCUT2D eigenvalue weighted by Gasteiger charge is -2.11. The number of rotatable bonds is 7. The maximum atomic E-state index is 11.9. The Morgan fingerprint density at radius 2 is 2.10 bits per heavy atom. The van der Waals surface area contributed by atoms with E-state index in [2.05, 4.69) is 5.32 Å². The van der Waals surface area contributed by atoms with Gasteiger partial charge in [0.15, 0.2) is 0 Å². The molecule has 0 fully saturated rings. The van der Waals surface area contributed by atoms with E-state index in [1.807, 2.05) is 13.8 Å². The standard InChI is InChI=1S/C14H19NO4S/c1-3-10(2)15-13(16)9-20(19)8-11-5-4-6-12(7-11)14(17)18/h4-7,10H,3,8-9H2,1-2H3,(H,15,16)(H,17,18). The van der Waals surface area contributed by atoms with Crippen LogP contribution in [0.3, 0.4) is 0 Å². The summed E-state index contributed by atoms with van der Waals surface area (Å²) >= 11 is 0. The van der Waals surface area contributed by atoms with Gasteiger partial charge in [0.1, 0.15) is 5.75 Å². The zero-order valence-electron chi connectivity index (χ0n) is 11.6. The van der Waals surface area contributed by atoms with Crippen LogP contribution in [0.1, 0.15) is 36.2 Å². The number of aromatic carboxylic acids is 1. The number of amides is 1. The van der Waals surface area contributed by atoms with Crippen molar-refractivity contribution in [1.29, 1.82) is 0 Å². The van der Waals surface area contributed by atoms with Crippen LogP contribution in [0.25, 0.3) is 0 Å². The first-order valence-electron chi connectivity index (χ1n) is 6.39. The minimum atomic E-state index is -1.35. The Morgan fingerprint density at radius 3 is 2.70 bits per heavy atom. The largest absolute Gasteiger partial charge is 0.478 e. The van der Waals surface area contributed by atoms with Crippen LogP contribution in [0, 0.1) is 0 Å². The smallest absolute Gasteiger partial charge is 0.335 e. The fraction of sp³-hybridized carbons (Fsp3) is 0.429. The summed E-state index contributed by atoms with van der Waals surface area (Å²) in [7, 11) is -1.35. The maximum absolute atomic E-state index is 11.9. The van der Waals surface area contributed by atoms with Gasteiger partial charge in [0, 0.05) is 22.6 Å². The minimum absolute atomic E-state index is 0.0647. The predicted molar refractivity (Wildman–Crippen MR) is 78.0 cm³/mol. The molecular formula is C14H19NO4S. The molecule has 0 aliphatic rings. The van der Waals surface area contributed by atoms with Crippen LogP contribution in [0.4, 0.5) is 0 Å². The van der Waals surface area contributed by atoms with E-state index in [0.29, 0.717) is 5.56 Å². The number of nitrogens with one attached hydrogen (secondary N) is 1. The summed E-state index contributed by atoms with van der Waals surface area (Å²) in [6.45, 7) is 3.84. The van der Waals surface area contributed by atoms with Crippen LogP contribution in [0.5, 0.6) is 0 Å². The summed E-state index contributed by atoms with van der Waals surface area (Å²) in [5.41, 5.74) is 0.808. The first-order chi connectivity index (χ1) is 9.42. The van der Waals surface area contributed by atoms with Crippen LogP contribution in [0.2, 0.25) is 0 Å². The van der Waals surface area contributed by atoms with Crippen molar-refractivity contribution >= 4 is 22.7 Å². The summed E-state index contributed by atoms with van der Waals surface area (Å²) in [6.07, 6.45) is 0.818. The molecule has 2 N–H and O–H groups in total. The summed E-state index contributed by atoms with van der Waals surface area (Å²) in [6, 6.07) is 6.33. The molecule has 0 heterocycles. The van der Waals surface area contributed by atoms with Gasteiger partial charge in [-0.1, -0.05) is 19.1 Å². The van der Waals surface area contributed by atoms with Gasteiger partial charge in [0.05, 0.1) is 5.56 Å². The SMILES string of the molecule is CCC(C)NC(=O)CS(=O)Cc1cccc(C(=O)O)c1. The van der Waals surface area contributed by atoms with Gasteiger partial charge in [-0.15, -0.1) is 0 Å². The number of carboxylic acid groups (broad SMARTS) is 1. The number of hydrogen-bond donors (Lipinski definition) is 2. The molecule has 5 nitrogen and oxygen atoms in total. The third-order valence-electron chi connectivity index (χ3n) is 2.81. The van der Waals surface area contributed by atoms with Crippen molar-refractivity contribution in [1.82, 2.24) is 5.32 Å². The Balaban J connectivity index is 2.56. The van der Waals surface area contributed by atoms with Crippen molar-refractivity contribution in [3.63, 3.8) is 0 Å². The molecule has 0 bridgehead atoms. The fourth-order valence-corrected chi connectivity index (χ4v) is 2.63. The highest BCUT2D eigenvalue weighted by Gasteiger charge is 2.11. The summed E-state index contributed by atoms with van der Waals surface area (Å²) in [4.78, 5) is 22.4. The van der Waals surface area contributed by atoms with Gasteiger partial charge in [-0.3, -0.25) is 9.00 Å². The monoisotopic (exact) mass is 297 g/mol. The van der Waals surface area contributed by atoms with Gasteiger partial charge in [0.25, 0.3) is 0 Å². The second kappa shape index (κ2) is 7.79. The molecule has 110 valence electrons. The molecular weight excluding hydrogens is 278 g/mol. The van der Waals surface area contributed by atoms with Crippen molar-refractivity contribution < 1.29 is 18.9 Å². The Kier molecular flexibility index (Phi) is 6.38. The number of carboxylic acids is 1. The van der Waals surface area contributed by atoms with Crippen LogP contribution in [0.15, 0.2) is 24.3 Å². The molecule has 0 aliphatic heterocycles. The third kappa shape index (κ3) is 5.52. The zero-order valence-corrected chi connectivity index (χ0v) is 12.4. The summed E-state index contributed by atoms with van der Waals surface area (Å²) in [5, 5.41) is 11.6. The molecule has 0 spiro atoms. The van der Waals surface area contributed by atoms with Crippen molar-refractivity contribution in [2.75, 3.05) is 5.75 Å². The lowest BCUT2D eigenvalue weighted by molar-refractivity contribution is -0.119. The molecule has 0 radical (unpaired) electrons. The molecule has 1 aromatic rings. The van der Waals surface area contributed by atoms with E-state index in [4.69, 9.17) is 5.11 Å². The molecule has 0 saturated carbocycles. The Morgan fingerprint density at radius 1 is 1.40 bits per heavy atom. The number of hydrogen-bond acceptors (Lipinski definition) is 3. The third-order valence-corrected chi connectivity index (χ3v) is 4.05. The highest BCUT2D eigenvalue weighted by molar-refractivity contribution is 7.84. The van der Waals surface area contributed by atoms with Crippen molar-refractivity contribution in [2.45, 2.75) is 32.1 Å². The van der Waals surface area contributed by atoms with E-state index in [1.165, 1.54) is 12.1 Å². The number of benzene rings is 1. The van der Waals surface area contributed by atoms with Gasteiger partial charge in [-0.25, -0.2) is 4.79 Å². The lowest BCUT2D eigenvalue weighted by Crippen LogP contribution is -2.35. The second-order valence-electron chi connectivity index (χ2n) is 4.61. The van der Waals surface area contributed by atoms with E-state index >= 15 is 0 Å². The lowest BCUT2D eigenvalue weighted by atomic mass is 10.1. The number of carbonyl (C=O) groups excluding carboxylic acids is 1. The van der Waals surface area contributed by atoms with Crippen LogP contribution < -0.4 is 5.32 Å². The predicted octanol–water partition coefficient (Wildman–Crippen LogP) is 1.55. The van der Waals surface area contributed by atoms with E-state index in [-0.39, 0.29) is 29.0 Å². The van der Waals surface area contributed by atoms with Gasteiger partial charge in [-0.05, 0) is 31.0 Å². The average molecular weight is 297 g/mol. The highest BCUT2D eigenvalue weighted by atomic mass is 32.2. The molecule has 20 heavy (non-hydrogen) atoms. The van der Waals surface area contributed by atoms with E-state index < -0.39 is 16.8 Å². The van der Waals surface area contributed by atoms with Gasteiger partial charge in [0.2, 0.25) is 5.91 Å². The van der Waals surface area contributed by atoms with Crippen molar-refractivity contribution in [3.05, 3.63) is 35.4 Å². The van der Waals surface area contributed by atoms with Crippen LogP contribution in [-0.2, 0) is 21.3 Å². The van der Waals surface area contributed by atoms with Crippen molar-refractivity contribution in [3.8, 4) is 0 Å². The topological polar surface area (TPSA) is 83.5 Å². The Hall–Kier alpha value is -1.69. The Bertz CT molecular complexity index is 516. The molecule has 2 atom stereocenters. The maximum Gasteiger partial charge on any atom is 0.335 e. The first kappa shape index (κ1) is 16.4. The Labute approximate surface area is 120 Å². The molecule has 0 aromatic heterocycles. The normalized spacial score (nSPS) is 13.5. The second-order valence-corrected chi connectivity index (χ2v) is 6.07. The van der Waals surface area contributed by atoms with Crippen LogP contribution >= 0.6 is 0 Å². The molecule has 1 rings (SSSR count). The molecule has 2 unspecified atom stereocenters. The summed E-state index contributed by atoms with van der Waals surface area (Å²) < 4.78 is 11.9. The van der Waals surface area contributed by atoms with E-state index in [9.17, 15) is 13.8 Å². The van der Waals surface area contributed by atoms with Crippen LogP contribution in [-0.4, -0.2) is 33.0 Å². The quantitative estimate of drug-likeness (QED) is 0.800. The van der Waals surface area contributed by atoms with Crippen molar-refractivity contribution in [2.24, 2.45) is 0 Å². The summed E-state index contributed by atoms with van der Waals surface area (Å²) in [5.74, 6) is -1.16. The zero-order chi connectivity index (χ0) is 15.1. The van der Waals surface area contributed by atoms with E-state index in [1.54, 1.807) is 12.1 Å². The molecule has 0 saturated heterocycles. The van der Waals surface area contributed by atoms with Gasteiger partial charge >= 0.3 is 5.97 Å². The van der Waals surface area contributed by atoms with Gasteiger partial charge in [-0.2, -0.15) is 0 Å².